The number of piperazine rings is 1. The monoisotopic (exact) mass is 590 g/mol. The number of nitrogens with one attached hydrogen (secondary N) is 1. The van der Waals surface area contributed by atoms with Crippen molar-refractivity contribution in [2.45, 2.75) is 6.54 Å². The van der Waals surface area contributed by atoms with Gasteiger partial charge in [-0.25, -0.2) is 9.18 Å². The number of rotatable bonds is 9. The molecule has 13 nitrogen and oxygen atoms in total. The predicted molar refractivity (Wildman–Crippen MR) is 162 cm³/mol. The van der Waals surface area contributed by atoms with Crippen LogP contribution in [0.4, 0.5) is 16.0 Å². The number of imidazole rings is 1. The van der Waals surface area contributed by atoms with Crippen LogP contribution in [0, 0.1) is 5.82 Å². The normalized spacial score (nSPS) is 14.3. The zero-order valence-corrected chi connectivity index (χ0v) is 24.5. The highest BCUT2D eigenvalue weighted by molar-refractivity contribution is 5.94. The Bertz CT molecular complexity index is 1830. The summed E-state index contributed by atoms with van der Waals surface area (Å²) in [4.78, 5) is 36.3. The predicted octanol–water partition coefficient (Wildman–Crippen LogP) is 1.48. The fourth-order valence-electron chi connectivity index (χ4n) is 5.62. The van der Waals surface area contributed by atoms with Crippen LogP contribution in [0.2, 0.25) is 0 Å². The van der Waals surface area contributed by atoms with E-state index in [1.165, 1.54) is 10.6 Å². The summed E-state index contributed by atoms with van der Waals surface area (Å²) < 4.78 is 25.3. The van der Waals surface area contributed by atoms with Gasteiger partial charge in [0.1, 0.15) is 17.0 Å². The number of fused-ring (bicyclic) bond motifs is 3. The van der Waals surface area contributed by atoms with E-state index >= 15 is 4.39 Å². The summed E-state index contributed by atoms with van der Waals surface area (Å²) >= 11 is 0. The van der Waals surface area contributed by atoms with Gasteiger partial charge in [0.2, 0.25) is 5.95 Å². The number of hydrogen-bond donors (Lipinski definition) is 2. The van der Waals surface area contributed by atoms with Crippen molar-refractivity contribution < 1.29 is 13.6 Å². The molecule has 0 spiro atoms. The maximum Gasteiger partial charge on any atom is 0.330 e. The van der Waals surface area contributed by atoms with Crippen molar-refractivity contribution in [3.05, 3.63) is 64.5 Å². The molecule has 1 aliphatic rings. The number of nitrogens with two attached hydrogens (primary N) is 1. The molecule has 0 radical (unpaired) electrons. The van der Waals surface area contributed by atoms with Gasteiger partial charge in [0.15, 0.2) is 11.4 Å². The zero-order valence-electron chi connectivity index (χ0n) is 24.5. The van der Waals surface area contributed by atoms with E-state index in [0.29, 0.717) is 91.7 Å². The van der Waals surface area contributed by atoms with Gasteiger partial charge in [-0.15, -0.1) is 0 Å². The van der Waals surface area contributed by atoms with Gasteiger partial charge >= 0.3 is 5.69 Å². The first-order valence-corrected chi connectivity index (χ1v) is 14.2. The van der Waals surface area contributed by atoms with Gasteiger partial charge < -0.3 is 25.3 Å². The van der Waals surface area contributed by atoms with E-state index in [1.54, 1.807) is 52.6 Å². The van der Waals surface area contributed by atoms with Crippen molar-refractivity contribution in [2.24, 2.45) is 7.05 Å². The number of aryl methyl sites for hydroxylation is 1. The molecule has 0 bridgehead atoms. The lowest BCUT2D eigenvalue weighted by Gasteiger charge is -2.36. The quantitative estimate of drug-likeness (QED) is 0.262. The molecule has 3 N–H and O–H groups in total. The van der Waals surface area contributed by atoms with E-state index in [2.05, 4.69) is 20.3 Å². The number of aromatic nitrogens is 5. The van der Waals surface area contributed by atoms with E-state index in [1.807, 2.05) is 24.1 Å². The van der Waals surface area contributed by atoms with Gasteiger partial charge in [0.05, 0.1) is 17.5 Å². The molecule has 1 aliphatic heterocycles. The second kappa shape index (κ2) is 11.5. The van der Waals surface area contributed by atoms with Crippen LogP contribution < -0.4 is 21.6 Å². The smallest absolute Gasteiger partial charge is 0.330 e. The van der Waals surface area contributed by atoms with Gasteiger partial charge in [-0.2, -0.15) is 14.6 Å². The molecular weight excluding hydrogens is 555 g/mol. The number of halogens is 1. The first-order chi connectivity index (χ1) is 20.8. The SMILES string of the molecule is CNCCN(C)C(=O)c1ccc(N2CCN(CCn3c(=O)n(C)c4c3nc(N)n3nc(-c5ccco5)cc43)CC2)c(F)c1. The van der Waals surface area contributed by atoms with Crippen LogP contribution >= 0.6 is 0 Å². The lowest BCUT2D eigenvalue weighted by Crippen LogP contribution is -2.47. The Morgan fingerprint density at radius 1 is 1.16 bits per heavy atom. The van der Waals surface area contributed by atoms with E-state index in [9.17, 15) is 9.59 Å². The van der Waals surface area contributed by atoms with Crippen molar-refractivity contribution in [1.29, 1.82) is 0 Å². The molecule has 1 saturated heterocycles. The number of likely N-dealkylation sites (N-methyl/N-ethyl adjacent to an activating group) is 2. The minimum absolute atomic E-state index is 0.174. The number of amides is 1. The number of furan rings is 1. The summed E-state index contributed by atoms with van der Waals surface area (Å²) in [6.45, 7) is 4.87. The lowest BCUT2D eigenvalue weighted by molar-refractivity contribution is 0.0796. The number of benzene rings is 1. The summed E-state index contributed by atoms with van der Waals surface area (Å²) in [6, 6.07) is 10.1. The van der Waals surface area contributed by atoms with Gasteiger partial charge in [-0.3, -0.25) is 18.8 Å². The average Bonchev–Trinajstić information content (AvgIpc) is 3.75. The van der Waals surface area contributed by atoms with Crippen LogP contribution in [0.3, 0.4) is 0 Å². The molecule has 43 heavy (non-hydrogen) atoms. The van der Waals surface area contributed by atoms with Gasteiger partial charge in [-0.1, -0.05) is 0 Å². The highest BCUT2D eigenvalue weighted by Crippen LogP contribution is 2.26. The molecule has 0 atom stereocenters. The van der Waals surface area contributed by atoms with Crippen molar-refractivity contribution in [2.75, 3.05) is 70.5 Å². The second-order valence-corrected chi connectivity index (χ2v) is 10.8. The third-order valence-electron chi connectivity index (χ3n) is 8.08. The topological polar surface area (TPSA) is 135 Å². The Balaban J connectivity index is 1.14. The number of nitrogen functional groups attached to an aromatic ring is 1. The standard InChI is InChI=1S/C29H35FN10O3/c1-32-8-9-35(2)27(41)19-6-7-22(20(30)17-19)38-13-10-37(11-14-38)12-15-39-26-25(36(3)29(39)42)23-18-21(24-5-4-16-43-24)34-40(23)28(31)33-26/h4-7,16-18,32H,8-15H2,1-3H3,(H2,31,33). The zero-order chi connectivity index (χ0) is 30.2. The molecule has 5 aromatic rings. The number of carbonyl (C=O) groups excluding carboxylic acids is 1. The van der Waals surface area contributed by atoms with Crippen LogP contribution in [0.5, 0.6) is 0 Å². The fourth-order valence-corrected chi connectivity index (χ4v) is 5.62. The summed E-state index contributed by atoms with van der Waals surface area (Å²) in [5, 5.41) is 7.53. The number of anilines is 2. The molecule has 0 aliphatic carbocycles. The third-order valence-corrected chi connectivity index (χ3v) is 8.08. The Morgan fingerprint density at radius 3 is 2.65 bits per heavy atom. The number of hydrogen-bond acceptors (Lipinski definition) is 9. The number of nitrogens with zero attached hydrogens (tertiary/aromatic N) is 8. The molecule has 4 aromatic heterocycles. The molecule has 226 valence electrons. The third kappa shape index (κ3) is 5.23. The Morgan fingerprint density at radius 2 is 1.95 bits per heavy atom. The van der Waals surface area contributed by atoms with Crippen LogP contribution in [0.25, 0.3) is 28.1 Å². The van der Waals surface area contributed by atoms with Crippen LogP contribution in [0.1, 0.15) is 10.4 Å². The van der Waals surface area contributed by atoms with Crippen molar-refractivity contribution >= 4 is 34.2 Å². The number of carbonyl (C=O) groups is 1. The van der Waals surface area contributed by atoms with Gasteiger partial charge in [0.25, 0.3) is 5.91 Å². The summed E-state index contributed by atoms with van der Waals surface area (Å²) in [6.07, 6.45) is 1.57. The van der Waals surface area contributed by atoms with Gasteiger partial charge in [-0.05, 0) is 43.4 Å². The largest absolute Gasteiger partial charge is 0.463 e. The second-order valence-electron chi connectivity index (χ2n) is 10.8. The molecule has 1 amide bonds. The minimum atomic E-state index is -0.409. The molecule has 1 fully saturated rings. The lowest BCUT2D eigenvalue weighted by atomic mass is 10.1. The maximum absolute atomic E-state index is 15.1. The first kappa shape index (κ1) is 28.4. The van der Waals surface area contributed by atoms with E-state index < -0.39 is 5.82 Å². The van der Waals surface area contributed by atoms with Crippen LogP contribution in [0.15, 0.2) is 51.9 Å². The molecule has 14 heteroatoms. The van der Waals surface area contributed by atoms with E-state index in [0.717, 1.165) is 0 Å². The molecular formula is C29H35FN10O3. The molecule has 0 unspecified atom stereocenters. The van der Waals surface area contributed by atoms with E-state index in [-0.39, 0.29) is 17.5 Å². The summed E-state index contributed by atoms with van der Waals surface area (Å²) in [5.41, 5.74) is 9.28. The fraction of sp³-hybridized carbons (Fsp3) is 0.379. The highest BCUT2D eigenvalue weighted by Gasteiger charge is 2.24. The van der Waals surface area contributed by atoms with Crippen LogP contribution in [-0.4, -0.2) is 99.3 Å². The Labute approximate surface area is 246 Å². The maximum atomic E-state index is 15.1. The van der Waals surface area contributed by atoms with Crippen molar-refractivity contribution in [3.8, 4) is 11.5 Å². The van der Waals surface area contributed by atoms with Crippen LogP contribution in [-0.2, 0) is 13.6 Å². The first-order valence-electron chi connectivity index (χ1n) is 14.2. The van der Waals surface area contributed by atoms with E-state index in [4.69, 9.17) is 10.2 Å². The highest BCUT2D eigenvalue weighted by atomic mass is 19.1. The summed E-state index contributed by atoms with van der Waals surface area (Å²) in [7, 11) is 5.24. The molecule has 5 heterocycles. The Kier molecular flexibility index (Phi) is 7.62. The molecule has 6 rings (SSSR count). The van der Waals surface area contributed by atoms with Gasteiger partial charge in [0, 0.05) is 72.0 Å². The minimum Gasteiger partial charge on any atom is -0.463 e. The van der Waals surface area contributed by atoms with Crippen molar-refractivity contribution in [1.82, 2.24) is 38.8 Å². The molecule has 1 aromatic carbocycles. The average molecular weight is 591 g/mol. The Hall–Kier alpha value is -4.69. The molecule has 0 saturated carbocycles. The summed E-state index contributed by atoms with van der Waals surface area (Å²) in [5.74, 6) is 0.149. The van der Waals surface area contributed by atoms with Crippen molar-refractivity contribution in [3.63, 3.8) is 0 Å².